The third kappa shape index (κ3) is 4.19. The molecule has 1 atom stereocenters. The molecule has 0 aliphatic carbocycles. The lowest BCUT2D eigenvalue weighted by molar-refractivity contribution is -0.141. The van der Waals surface area contributed by atoms with Crippen molar-refractivity contribution < 1.29 is 18.3 Å². The van der Waals surface area contributed by atoms with Gasteiger partial charge in [0.05, 0.1) is 17.0 Å². The van der Waals surface area contributed by atoms with Crippen molar-refractivity contribution in [2.45, 2.75) is 31.8 Å². The summed E-state index contributed by atoms with van der Waals surface area (Å²) >= 11 is 0. The molecule has 0 amide bonds. The summed E-state index contributed by atoms with van der Waals surface area (Å²) in [7, 11) is 0. The average molecular weight is 433 g/mol. The number of hydrogen-bond acceptors (Lipinski definition) is 8. The number of aryl methyl sites for hydroxylation is 1. The van der Waals surface area contributed by atoms with Crippen LogP contribution in [0, 0.1) is 6.92 Å². The van der Waals surface area contributed by atoms with Gasteiger partial charge in [-0.1, -0.05) is 6.07 Å². The Bertz CT molecular complexity index is 1140. The molecule has 164 valence electrons. The van der Waals surface area contributed by atoms with Gasteiger partial charge in [0, 0.05) is 35.2 Å². The number of aromatic nitrogens is 3. The first-order valence-electron chi connectivity index (χ1n) is 9.54. The van der Waals surface area contributed by atoms with Gasteiger partial charge < -0.3 is 26.8 Å². The maximum atomic E-state index is 13.1. The van der Waals surface area contributed by atoms with Gasteiger partial charge in [0.1, 0.15) is 11.9 Å². The fraction of sp³-hybridized carbons (Fsp3) is 0.350. The van der Waals surface area contributed by atoms with Gasteiger partial charge in [0.15, 0.2) is 5.82 Å². The smallest absolute Gasteiger partial charge is 0.399 e. The van der Waals surface area contributed by atoms with Crippen LogP contribution in [0.15, 0.2) is 30.3 Å². The monoisotopic (exact) mass is 433 g/mol. The van der Waals surface area contributed by atoms with Crippen LogP contribution in [0.4, 0.5) is 30.4 Å². The minimum absolute atomic E-state index is 0.0715. The molecule has 31 heavy (non-hydrogen) atoms. The molecule has 3 heterocycles. The fourth-order valence-electron chi connectivity index (χ4n) is 3.64. The van der Waals surface area contributed by atoms with E-state index in [9.17, 15) is 18.3 Å². The molecule has 0 spiro atoms. The number of fused-ring (bicyclic) bond motifs is 1. The Balaban J connectivity index is 1.68. The first-order chi connectivity index (χ1) is 14.4. The molecule has 0 radical (unpaired) electrons. The zero-order chi connectivity index (χ0) is 22.6. The predicted octanol–water partition coefficient (Wildman–Crippen LogP) is 2.57. The number of nitrogens with one attached hydrogen (secondary N) is 1. The molecular formula is C20H22F3N7O. The normalized spacial score (nSPS) is 16.8. The highest BCUT2D eigenvalue weighted by Gasteiger charge is 2.37. The lowest BCUT2D eigenvalue weighted by atomic mass is 9.95. The highest BCUT2D eigenvalue weighted by Crippen LogP contribution is 2.34. The molecule has 1 fully saturated rings. The average Bonchev–Trinajstić information content (AvgIpc) is 2.66. The van der Waals surface area contributed by atoms with Gasteiger partial charge in [0.2, 0.25) is 0 Å². The highest BCUT2D eigenvalue weighted by atomic mass is 19.4. The van der Waals surface area contributed by atoms with Crippen molar-refractivity contribution in [1.29, 1.82) is 0 Å². The predicted molar refractivity (Wildman–Crippen MR) is 111 cm³/mol. The summed E-state index contributed by atoms with van der Waals surface area (Å²) in [5.41, 5.74) is 11.3. The lowest BCUT2D eigenvalue weighted by Gasteiger charge is -2.45. The Labute approximate surface area is 176 Å². The number of hydrogen-bond donors (Lipinski definition) is 4. The zero-order valence-corrected chi connectivity index (χ0v) is 16.9. The largest absolute Gasteiger partial charge is 0.433 e. The topological polar surface area (TPSA) is 126 Å². The molecule has 4 rings (SSSR count). The summed E-state index contributed by atoms with van der Waals surface area (Å²) in [6.45, 7) is 4.56. The SMILES string of the molecule is Cc1nnc(N[C@H](N)c2cc(N)cc(C(F)(F)F)n2)c2cc(N3CC(C)(O)C3)ccc12. The van der Waals surface area contributed by atoms with E-state index in [1.54, 1.807) is 6.92 Å². The number of pyridine rings is 1. The second-order valence-electron chi connectivity index (χ2n) is 8.05. The van der Waals surface area contributed by atoms with E-state index in [-0.39, 0.29) is 11.4 Å². The molecule has 8 nitrogen and oxygen atoms in total. The van der Waals surface area contributed by atoms with Crippen molar-refractivity contribution >= 4 is 28.0 Å². The maximum Gasteiger partial charge on any atom is 0.433 e. The molecule has 1 aromatic carbocycles. The number of halogens is 3. The molecule has 3 aromatic rings. The Morgan fingerprint density at radius 1 is 1.16 bits per heavy atom. The van der Waals surface area contributed by atoms with Crippen molar-refractivity contribution in [3.05, 3.63) is 47.4 Å². The number of nitrogens with zero attached hydrogens (tertiary/aromatic N) is 4. The highest BCUT2D eigenvalue weighted by molar-refractivity contribution is 5.95. The number of aliphatic hydroxyl groups is 1. The van der Waals surface area contributed by atoms with Crippen LogP contribution in [-0.2, 0) is 6.18 Å². The van der Waals surface area contributed by atoms with Gasteiger partial charge >= 0.3 is 6.18 Å². The van der Waals surface area contributed by atoms with Gasteiger partial charge in [-0.05, 0) is 38.1 Å². The summed E-state index contributed by atoms with van der Waals surface area (Å²) < 4.78 is 39.2. The van der Waals surface area contributed by atoms with Gasteiger partial charge in [-0.15, -0.1) is 5.10 Å². The molecule has 2 aromatic heterocycles. The Morgan fingerprint density at radius 2 is 1.87 bits per heavy atom. The van der Waals surface area contributed by atoms with E-state index >= 15 is 0 Å². The molecule has 11 heteroatoms. The van der Waals surface area contributed by atoms with Gasteiger partial charge in [0.25, 0.3) is 0 Å². The van der Waals surface area contributed by atoms with Crippen LogP contribution in [0.25, 0.3) is 10.8 Å². The Morgan fingerprint density at radius 3 is 2.52 bits per heavy atom. The van der Waals surface area contributed by atoms with E-state index in [1.807, 2.05) is 30.0 Å². The molecule has 0 unspecified atom stereocenters. The summed E-state index contributed by atoms with van der Waals surface area (Å²) in [5, 5.41) is 22.7. The standard InChI is InChI=1S/C20H22F3N7O/c1-10-13-4-3-12(30-8-19(2,31)9-30)7-14(13)18(29-28-10)27-17(25)15-5-11(24)6-16(26-15)20(21,22)23/h3-7,17,31H,8-9,25H2,1-2H3,(H2,24,26)(H,27,29)/t17-/m0/s1. The lowest BCUT2D eigenvalue weighted by Crippen LogP contribution is -2.60. The van der Waals surface area contributed by atoms with E-state index in [0.717, 1.165) is 17.1 Å². The number of nitrogen functional groups attached to an aromatic ring is 1. The van der Waals surface area contributed by atoms with Crippen LogP contribution in [-0.4, -0.2) is 39.0 Å². The van der Waals surface area contributed by atoms with E-state index in [2.05, 4.69) is 20.5 Å². The zero-order valence-electron chi connectivity index (χ0n) is 16.9. The number of β-amino-alcohol motifs (C(OH)–C–C–N with tert-alkyl or cyclic N) is 1. The second-order valence-corrected chi connectivity index (χ2v) is 8.05. The van der Waals surface area contributed by atoms with Crippen molar-refractivity contribution in [3.8, 4) is 0 Å². The first kappa shape index (κ1) is 21.1. The van der Waals surface area contributed by atoms with Crippen molar-refractivity contribution in [3.63, 3.8) is 0 Å². The number of alkyl halides is 3. The molecular weight excluding hydrogens is 411 g/mol. The number of rotatable bonds is 4. The summed E-state index contributed by atoms with van der Waals surface area (Å²) in [6.07, 6.45) is -5.74. The van der Waals surface area contributed by atoms with Gasteiger partial charge in [-0.25, -0.2) is 4.98 Å². The van der Waals surface area contributed by atoms with Crippen LogP contribution in [0.3, 0.4) is 0 Å². The fourth-order valence-corrected chi connectivity index (χ4v) is 3.64. The van der Waals surface area contributed by atoms with E-state index < -0.39 is 23.6 Å². The van der Waals surface area contributed by atoms with Crippen LogP contribution in [0.2, 0.25) is 0 Å². The molecule has 1 saturated heterocycles. The minimum Gasteiger partial charge on any atom is -0.399 e. The molecule has 0 saturated carbocycles. The third-order valence-electron chi connectivity index (χ3n) is 5.14. The molecule has 6 N–H and O–H groups in total. The van der Waals surface area contributed by atoms with Crippen molar-refractivity contribution in [2.24, 2.45) is 5.73 Å². The minimum atomic E-state index is -4.65. The summed E-state index contributed by atoms with van der Waals surface area (Å²) in [6, 6.07) is 7.73. The van der Waals surface area contributed by atoms with Crippen LogP contribution in [0.1, 0.15) is 30.2 Å². The van der Waals surface area contributed by atoms with Crippen LogP contribution >= 0.6 is 0 Å². The Kier molecular flexibility index (Phi) is 4.90. The molecule has 1 aliphatic rings. The van der Waals surface area contributed by atoms with Crippen molar-refractivity contribution in [2.75, 3.05) is 29.0 Å². The second kappa shape index (κ2) is 7.20. The first-order valence-corrected chi connectivity index (χ1v) is 9.54. The Hall–Kier alpha value is -3.18. The number of benzene rings is 1. The molecule has 0 bridgehead atoms. The maximum absolute atomic E-state index is 13.1. The van der Waals surface area contributed by atoms with E-state index in [1.165, 1.54) is 6.07 Å². The van der Waals surface area contributed by atoms with Crippen LogP contribution < -0.4 is 21.7 Å². The summed E-state index contributed by atoms with van der Waals surface area (Å²) in [4.78, 5) is 5.61. The molecule has 1 aliphatic heterocycles. The quantitative estimate of drug-likeness (QED) is 0.463. The van der Waals surface area contributed by atoms with E-state index in [4.69, 9.17) is 11.5 Å². The van der Waals surface area contributed by atoms with Crippen molar-refractivity contribution in [1.82, 2.24) is 15.2 Å². The number of nitrogens with two attached hydrogens (primary N) is 2. The van der Waals surface area contributed by atoms with Gasteiger partial charge in [-0.3, -0.25) is 0 Å². The third-order valence-corrected chi connectivity index (χ3v) is 5.14. The number of anilines is 3. The summed E-state index contributed by atoms with van der Waals surface area (Å²) in [5.74, 6) is 0.306. The van der Waals surface area contributed by atoms with E-state index in [0.29, 0.717) is 30.0 Å². The van der Waals surface area contributed by atoms with Crippen LogP contribution in [0.5, 0.6) is 0 Å². The van der Waals surface area contributed by atoms with Gasteiger partial charge in [-0.2, -0.15) is 18.3 Å².